The summed E-state index contributed by atoms with van der Waals surface area (Å²) in [6.45, 7) is 7.33. The highest BCUT2D eigenvalue weighted by atomic mass is 16.2. The fourth-order valence-corrected chi connectivity index (χ4v) is 1.14. The normalized spacial score (nSPS) is 12.3. The van der Waals surface area contributed by atoms with E-state index in [0.29, 0.717) is 31.3 Å². The van der Waals surface area contributed by atoms with Crippen molar-refractivity contribution in [2.24, 2.45) is 17.6 Å². The third-order valence-corrected chi connectivity index (χ3v) is 2.42. The van der Waals surface area contributed by atoms with Crippen LogP contribution < -0.4 is 16.4 Å². The van der Waals surface area contributed by atoms with Gasteiger partial charge >= 0.3 is 0 Å². The summed E-state index contributed by atoms with van der Waals surface area (Å²) in [7, 11) is 0. The summed E-state index contributed by atoms with van der Waals surface area (Å²) >= 11 is 0. The largest absolute Gasteiger partial charge is 0.354 e. The molecule has 0 saturated heterocycles. The molecule has 0 aromatic heterocycles. The number of hydrogen-bond donors (Lipinski definition) is 3. The molecule has 17 heavy (non-hydrogen) atoms. The SMILES string of the molecule is CC(C)CNC(=O)CNC(=O)CCC(C)CN. The minimum atomic E-state index is -0.140. The molecule has 5 nitrogen and oxygen atoms in total. The van der Waals surface area contributed by atoms with Gasteiger partial charge in [0, 0.05) is 13.0 Å². The second-order valence-electron chi connectivity index (χ2n) is 4.85. The first-order chi connectivity index (χ1) is 7.95. The molecule has 100 valence electrons. The van der Waals surface area contributed by atoms with Crippen molar-refractivity contribution in [1.82, 2.24) is 10.6 Å². The van der Waals surface area contributed by atoms with E-state index in [1.807, 2.05) is 20.8 Å². The Morgan fingerprint density at radius 1 is 1.12 bits per heavy atom. The first kappa shape index (κ1) is 15.9. The Balaban J connectivity index is 3.59. The van der Waals surface area contributed by atoms with Gasteiger partial charge in [-0.2, -0.15) is 0 Å². The van der Waals surface area contributed by atoms with Gasteiger partial charge in [0.2, 0.25) is 11.8 Å². The number of amides is 2. The summed E-state index contributed by atoms with van der Waals surface area (Å²) < 4.78 is 0. The molecule has 0 fully saturated rings. The summed E-state index contributed by atoms with van der Waals surface area (Å²) in [5.41, 5.74) is 5.45. The smallest absolute Gasteiger partial charge is 0.239 e. The van der Waals surface area contributed by atoms with Crippen molar-refractivity contribution < 1.29 is 9.59 Å². The molecule has 0 aliphatic heterocycles. The van der Waals surface area contributed by atoms with Crippen molar-refractivity contribution >= 4 is 11.8 Å². The Labute approximate surface area is 104 Å². The van der Waals surface area contributed by atoms with Crippen molar-refractivity contribution in [1.29, 1.82) is 0 Å². The predicted molar refractivity (Wildman–Crippen MR) is 68.3 cm³/mol. The zero-order chi connectivity index (χ0) is 13.3. The summed E-state index contributed by atoms with van der Waals surface area (Å²) in [6.07, 6.45) is 1.19. The molecule has 2 amide bonds. The van der Waals surface area contributed by atoms with E-state index in [4.69, 9.17) is 5.73 Å². The van der Waals surface area contributed by atoms with E-state index in [9.17, 15) is 9.59 Å². The summed E-state index contributed by atoms with van der Waals surface area (Å²) in [4.78, 5) is 22.7. The molecule has 5 heteroatoms. The Hall–Kier alpha value is -1.10. The van der Waals surface area contributed by atoms with Gasteiger partial charge in [-0.05, 0) is 24.8 Å². The maximum atomic E-state index is 11.4. The van der Waals surface area contributed by atoms with Gasteiger partial charge in [0.25, 0.3) is 0 Å². The molecular formula is C12H25N3O2. The minimum Gasteiger partial charge on any atom is -0.354 e. The van der Waals surface area contributed by atoms with Crippen molar-refractivity contribution in [3.8, 4) is 0 Å². The average molecular weight is 243 g/mol. The molecule has 0 aromatic rings. The highest BCUT2D eigenvalue weighted by Crippen LogP contribution is 2.02. The van der Waals surface area contributed by atoms with Crippen LogP contribution in [0.2, 0.25) is 0 Å². The van der Waals surface area contributed by atoms with Crippen molar-refractivity contribution in [3.05, 3.63) is 0 Å². The van der Waals surface area contributed by atoms with Crippen LogP contribution in [-0.2, 0) is 9.59 Å². The quantitative estimate of drug-likeness (QED) is 0.571. The van der Waals surface area contributed by atoms with Gasteiger partial charge in [0.1, 0.15) is 0 Å². The Morgan fingerprint density at radius 2 is 1.76 bits per heavy atom. The van der Waals surface area contributed by atoms with Gasteiger partial charge in [0.15, 0.2) is 0 Å². The predicted octanol–water partition coefficient (Wildman–Crippen LogP) is 0.250. The molecule has 0 rings (SSSR count). The van der Waals surface area contributed by atoms with Crippen LogP contribution in [0, 0.1) is 11.8 Å². The van der Waals surface area contributed by atoms with Crippen molar-refractivity contribution in [2.75, 3.05) is 19.6 Å². The Kier molecular flexibility index (Phi) is 8.40. The maximum absolute atomic E-state index is 11.4. The fraction of sp³-hybridized carbons (Fsp3) is 0.833. The van der Waals surface area contributed by atoms with Crippen molar-refractivity contribution in [2.45, 2.75) is 33.6 Å². The lowest BCUT2D eigenvalue weighted by Crippen LogP contribution is -2.38. The lowest BCUT2D eigenvalue weighted by atomic mass is 10.1. The van der Waals surface area contributed by atoms with Crippen LogP contribution >= 0.6 is 0 Å². The first-order valence-electron chi connectivity index (χ1n) is 6.19. The number of hydrogen-bond acceptors (Lipinski definition) is 3. The van der Waals surface area contributed by atoms with Crippen LogP contribution in [-0.4, -0.2) is 31.4 Å². The van der Waals surface area contributed by atoms with E-state index in [1.165, 1.54) is 0 Å². The van der Waals surface area contributed by atoms with Gasteiger partial charge in [-0.1, -0.05) is 20.8 Å². The standard InChI is InChI=1S/C12H25N3O2/c1-9(2)7-14-12(17)8-15-11(16)5-4-10(3)6-13/h9-10H,4-8,13H2,1-3H3,(H,14,17)(H,15,16). The number of rotatable bonds is 8. The third kappa shape index (κ3) is 9.81. The highest BCUT2D eigenvalue weighted by Gasteiger charge is 2.07. The molecule has 0 heterocycles. The number of nitrogens with two attached hydrogens (primary N) is 1. The second-order valence-corrected chi connectivity index (χ2v) is 4.85. The summed E-state index contributed by atoms with van der Waals surface area (Å²) in [5, 5.41) is 5.33. The molecule has 0 aliphatic carbocycles. The lowest BCUT2D eigenvalue weighted by Gasteiger charge is -2.10. The van der Waals surface area contributed by atoms with Crippen LogP contribution in [0.3, 0.4) is 0 Å². The van der Waals surface area contributed by atoms with Gasteiger partial charge < -0.3 is 16.4 Å². The summed E-state index contributed by atoms with van der Waals surface area (Å²) in [6, 6.07) is 0. The van der Waals surface area contributed by atoms with Crippen LogP contribution in [0.4, 0.5) is 0 Å². The molecule has 0 bridgehead atoms. The van der Waals surface area contributed by atoms with E-state index in [-0.39, 0.29) is 18.4 Å². The van der Waals surface area contributed by atoms with E-state index >= 15 is 0 Å². The molecule has 0 spiro atoms. The van der Waals surface area contributed by atoms with Gasteiger partial charge in [-0.25, -0.2) is 0 Å². The van der Waals surface area contributed by atoms with Crippen LogP contribution in [0.1, 0.15) is 33.6 Å². The molecule has 0 saturated carbocycles. The monoisotopic (exact) mass is 243 g/mol. The van der Waals surface area contributed by atoms with Crippen LogP contribution in [0.5, 0.6) is 0 Å². The van der Waals surface area contributed by atoms with Crippen LogP contribution in [0.25, 0.3) is 0 Å². The molecule has 4 N–H and O–H groups in total. The zero-order valence-corrected chi connectivity index (χ0v) is 11.1. The maximum Gasteiger partial charge on any atom is 0.239 e. The van der Waals surface area contributed by atoms with Crippen molar-refractivity contribution in [3.63, 3.8) is 0 Å². The summed E-state index contributed by atoms with van der Waals surface area (Å²) in [5.74, 6) is 0.527. The molecule has 1 unspecified atom stereocenters. The number of carbonyl (C=O) groups is 2. The molecule has 0 radical (unpaired) electrons. The Morgan fingerprint density at radius 3 is 2.29 bits per heavy atom. The van der Waals surface area contributed by atoms with E-state index in [2.05, 4.69) is 10.6 Å². The fourth-order valence-electron chi connectivity index (χ4n) is 1.14. The Bertz CT molecular complexity index is 242. The third-order valence-electron chi connectivity index (χ3n) is 2.42. The van der Waals surface area contributed by atoms with E-state index in [1.54, 1.807) is 0 Å². The average Bonchev–Trinajstić information content (AvgIpc) is 2.30. The molecule has 0 aromatic carbocycles. The van der Waals surface area contributed by atoms with Gasteiger partial charge in [0.05, 0.1) is 6.54 Å². The van der Waals surface area contributed by atoms with E-state index < -0.39 is 0 Å². The zero-order valence-electron chi connectivity index (χ0n) is 11.1. The second kappa shape index (κ2) is 8.98. The molecule has 1 atom stereocenters. The van der Waals surface area contributed by atoms with Crippen LogP contribution in [0.15, 0.2) is 0 Å². The van der Waals surface area contributed by atoms with Gasteiger partial charge in [-0.3, -0.25) is 9.59 Å². The highest BCUT2D eigenvalue weighted by molar-refractivity contribution is 5.84. The lowest BCUT2D eigenvalue weighted by molar-refractivity contribution is -0.126. The first-order valence-corrected chi connectivity index (χ1v) is 6.19. The van der Waals surface area contributed by atoms with Gasteiger partial charge in [-0.15, -0.1) is 0 Å². The van der Waals surface area contributed by atoms with E-state index in [0.717, 1.165) is 6.42 Å². The number of nitrogens with one attached hydrogen (secondary N) is 2. The molecular weight excluding hydrogens is 218 g/mol. The topological polar surface area (TPSA) is 84.2 Å². The minimum absolute atomic E-state index is 0.0581. The number of carbonyl (C=O) groups excluding carboxylic acids is 2. The molecule has 0 aliphatic rings.